The smallest absolute Gasteiger partial charge is 0.247 e. The molecule has 0 heterocycles. The summed E-state index contributed by atoms with van der Waals surface area (Å²) in [7, 11) is 0. The fourth-order valence-electron chi connectivity index (χ4n) is 0.715. The van der Waals surface area contributed by atoms with Crippen molar-refractivity contribution in [2.75, 3.05) is 11.9 Å². The number of carbonyl (C=O) groups excluding carboxylic acids is 1. The number of para-hydroxylation sites is 1. The molecule has 0 radical (unpaired) electrons. The second kappa shape index (κ2) is 14.3. The Hall–Kier alpha value is -1.73. The summed E-state index contributed by atoms with van der Waals surface area (Å²) in [6, 6.07) is 9.25. The van der Waals surface area contributed by atoms with E-state index in [4.69, 9.17) is 5.84 Å². The molecule has 0 aliphatic rings. The first kappa shape index (κ1) is 17.7. The van der Waals surface area contributed by atoms with Crippen molar-refractivity contribution in [3.63, 3.8) is 0 Å². The lowest BCUT2D eigenvalue weighted by atomic mass is 10.3. The van der Waals surface area contributed by atoms with Gasteiger partial charge >= 0.3 is 0 Å². The Kier molecular flexibility index (Phi) is 14.8. The maximum absolute atomic E-state index is 10.8. The molecule has 1 rings (SSSR count). The minimum absolute atomic E-state index is 0.184. The van der Waals surface area contributed by atoms with Crippen LogP contribution in [0.1, 0.15) is 6.92 Å². The van der Waals surface area contributed by atoms with Crippen LogP contribution in [0.15, 0.2) is 43.0 Å². The monoisotopic (exact) mass is 239 g/mol. The van der Waals surface area contributed by atoms with Crippen molar-refractivity contribution in [1.29, 1.82) is 0 Å². The Balaban J connectivity index is 0. The molecule has 96 valence electrons. The molecule has 0 spiro atoms. The zero-order chi connectivity index (χ0) is 13.5. The van der Waals surface area contributed by atoms with Gasteiger partial charge in [-0.15, -0.1) is 0 Å². The fraction of sp³-hybridized carbons (Fsp3) is 0.182. The van der Waals surface area contributed by atoms with Gasteiger partial charge in [0.1, 0.15) is 0 Å². The lowest BCUT2D eigenvalue weighted by molar-refractivity contribution is -0.111. The minimum atomic E-state index is -0.184. The van der Waals surface area contributed by atoms with Gasteiger partial charge in [0, 0.05) is 12.2 Å². The standard InChI is InChI=1S/C9H9NO.C2H8N2.H4N2/c1-2-9(11)10-8-6-4-3-5-7-8;1-2-4-3;1-2/h2-7H,1H2,(H,10,11);4H,2-3H2,1H3;1-2H2. The Morgan fingerprint density at radius 3 is 2.18 bits per heavy atom. The molecule has 1 aromatic rings. The third-order valence-electron chi connectivity index (χ3n) is 1.43. The Morgan fingerprint density at radius 1 is 1.35 bits per heavy atom. The van der Waals surface area contributed by atoms with E-state index in [0.717, 1.165) is 12.2 Å². The Labute approximate surface area is 102 Å². The molecular weight excluding hydrogens is 218 g/mol. The summed E-state index contributed by atoms with van der Waals surface area (Å²) in [5.41, 5.74) is 3.22. The van der Waals surface area contributed by atoms with Crippen LogP contribution >= 0.6 is 0 Å². The SMILES string of the molecule is C=CC(=O)Nc1ccccc1.CCNN.NN. The molecular formula is C11H21N5O. The number of hydrogen-bond acceptors (Lipinski definition) is 5. The van der Waals surface area contributed by atoms with E-state index in [-0.39, 0.29) is 5.91 Å². The second-order valence-electron chi connectivity index (χ2n) is 2.62. The lowest BCUT2D eigenvalue weighted by Crippen LogP contribution is -2.20. The van der Waals surface area contributed by atoms with E-state index in [1.54, 1.807) is 0 Å². The van der Waals surface area contributed by atoms with Crippen molar-refractivity contribution in [3.8, 4) is 0 Å². The lowest BCUT2D eigenvalue weighted by Gasteiger charge is -1.98. The van der Waals surface area contributed by atoms with E-state index in [1.807, 2.05) is 37.3 Å². The number of carbonyl (C=O) groups is 1. The molecule has 0 bridgehead atoms. The van der Waals surface area contributed by atoms with Crippen LogP contribution in [-0.2, 0) is 4.79 Å². The van der Waals surface area contributed by atoms with Crippen LogP contribution in [0, 0.1) is 0 Å². The van der Waals surface area contributed by atoms with Gasteiger partial charge in [-0.2, -0.15) is 0 Å². The maximum atomic E-state index is 10.8. The number of hydrogen-bond donors (Lipinski definition) is 5. The minimum Gasteiger partial charge on any atom is -0.323 e. The Morgan fingerprint density at radius 2 is 1.82 bits per heavy atom. The number of hydrazine groups is 2. The van der Waals surface area contributed by atoms with Crippen LogP contribution in [0.3, 0.4) is 0 Å². The largest absolute Gasteiger partial charge is 0.323 e. The normalized spacial score (nSPS) is 7.76. The van der Waals surface area contributed by atoms with Crippen LogP contribution in [0.5, 0.6) is 0 Å². The summed E-state index contributed by atoms with van der Waals surface area (Å²) in [4.78, 5) is 10.8. The average Bonchev–Trinajstić information content (AvgIpc) is 2.42. The zero-order valence-corrected chi connectivity index (χ0v) is 10.0. The van der Waals surface area contributed by atoms with Gasteiger partial charge in [-0.25, -0.2) is 0 Å². The predicted octanol–water partition coefficient (Wildman–Crippen LogP) is 0.0995. The fourth-order valence-corrected chi connectivity index (χ4v) is 0.715. The number of benzene rings is 1. The summed E-state index contributed by atoms with van der Waals surface area (Å²) in [6.45, 7) is 6.14. The van der Waals surface area contributed by atoms with Crippen molar-refractivity contribution < 1.29 is 4.79 Å². The first-order valence-electron chi connectivity index (χ1n) is 4.99. The topological polar surface area (TPSA) is 119 Å². The number of nitrogens with one attached hydrogen (secondary N) is 2. The molecule has 0 atom stereocenters. The highest BCUT2D eigenvalue weighted by Crippen LogP contribution is 2.03. The summed E-state index contributed by atoms with van der Waals surface area (Å²) in [5, 5.41) is 2.63. The molecule has 6 nitrogen and oxygen atoms in total. The highest BCUT2D eigenvalue weighted by molar-refractivity contribution is 5.98. The molecule has 17 heavy (non-hydrogen) atoms. The van der Waals surface area contributed by atoms with Crippen LogP contribution < -0.4 is 28.3 Å². The number of anilines is 1. The molecule has 0 fully saturated rings. The van der Waals surface area contributed by atoms with Crippen molar-refractivity contribution >= 4 is 11.6 Å². The summed E-state index contributed by atoms with van der Waals surface area (Å²) < 4.78 is 0. The van der Waals surface area contributed by atoms with Gasteiger partial charge in [-0.1, -0.05) is 31.7 Å². The van der Waals surface area contributed by atoms with Crippen LogP contribution in [-0.4, -0.2) is 12.5 Å². The van der Waals surface area contributed by atoms with E-state index in [1.165, 1.54) is 6.08 Å². The highest BCUT2D eigenvalue weighted by atomic mass is 16.1. The summed E-state index contributed by atoms with van der Waals surface area (Å²) >= 11 is 0. The molecule has 1 amide bonds. The molecule has 0 aliphatic carbocycles. The molecule has 1 aromatic carbocycles. The van der Waals surface area contributed by atoms with Gasteiger partial charge in [0.2, 0.25) is 5.91 Å². The maximum Gasteiger partial charge on any atom is 0.247 e. The number of rotatable bonds is 3. The van der Waals surface area contributed by atoms with Crippen LogP contribution in [0.25, 0.3) is 0 Å². The number of amides is 1. The first-order valence-corrected chi connectivity index (χ1v) is 4.99. The summed E-state index contributed by atoms with van der Waals surface area (Å²) in [6.07, 6.45) is 1.24. The van der Waals surface area contributed by atoms with Crippen LogP contribution in [0.4, 0.5) is 5.69 Å². The Bertz CT molecular complexity index is 287. The zero-order valence-electron chi connectivity index (χ0n) is 10.0. The number of nitrogens with two attached hydrogens (primary N) is 3. The quantitative estimate of drug-likeness (QED) is 0.291. The van der Waals surface area contributed by atoms with Crippen molar-refractivity contribution in [1.82, 2.24) is 5.43 Å². The molecule has 0 aliphatic heterocycles. The molecule has 0 aromatic heterocycles. The van der Waals surface area contributed by atoms with Gasteiger partial charge < -0.3 is 5.32 Å². The highest BCUT2D eigenvalue weighted by Gasteiger charge is 1.92. The third-order valence-corrected chi connectivity index (χ3v) is 1.43. The van der Waals surface area contributed by atoms with Crippen molar-refractivity contribution in [3.05, 3.63) is 43.0 Å². The van der Waals surface area contributed by atoms with Gasteiger partial charge in [-0.05, 0) is 18.2 Å². The molecule has 0 saturated carbocycles. The van der Waals surface area contributed by atoms with E-state index >= 15 is 0 Å². The van der Waals surface area contributed by atoms with E-state index in [2.05, 4.69) is 29.0 Å². The second-order valence-corrected chi connectivity index (χ2v) is 2.62. The predicted molar refractivity (Wildman–Crippen MR) is 71.5 cm³/mol. The van der Waals surface area contributed by atoms with Gasteiger partial charge in [-0.3, -0.25) is 27.7 Å². The van der Waals surface area contributed by atoms with E-state index in [0.29, 0.717) is 0 Å². The molecule has 6 heteroatoms. The van der Waals surface area contributed by atoms with E-state index < -0.39 is 0 Å². The van der Waals surface area contributed by atoms with Gasteiger partial charge in [0.15, 0.2) is 0 Å². The molecule has 0 unspecified atom stereocenters. The summed E-state index contributed by atoms with van der Waals surface area (Å²) in [5.74, 6) is 12.6. The van der Waals surface area contributed by atoms with Crippen molar-refractivity contribution in [2.45, 2.75) is 6.92 Å². The average molecular weight is 239 g/mol. The van der Waals surface area contributed by atoms with Crippen molar-refractivity contribution in [2.24, 2.45) is 17.5 Å². The van der Waals surface area contributed by atoms with Gasteiger partial charge in [0.05, 0.1) is 0 Å². The van der Waals surface area contributed by atoms with Crippen LogP contribution in [0.2, 0.25) is 0 Å². The first-order chi connectivity index (χ1) is 8.24. The molecule has 8 N–H and O–H groups in total. The molecule has 0 saturated heterocycles. The third kappa shape index (κ3) is 12.2. The van der Waals surface area contributed by atoms with E-state index in [9.17, 15) is 4.79 Å². The van der Waals surface area contributed by atoms with Gasteiger partial charge in [0.25, 0.3) is 0 Å².